The number of nitrogens with one attached hydrogen (secondary N) is 2. The number of carbonyl (C=O) groups is 1. The highest BCUT2D eigenvalue weighted by atomic mass is 32.2. The first kappa shape index (κ1) is 13.4. The van der Waals surface area contributed by atoms with Crippen LogP contribution in [0.25, 0.3) is 0 Å². The number of carbonyl (C=O) groups excluding carboxylic acids is 1. The van der Waals surface area contributed by atoms with Crippen LogP contribution in [0.2, 0.25) is 0 Å². The molecule has 0 aliphatic carbocycles. The number of aromatic amines is 1. The molecule has 1 aromatic heterocycles. The van der Waals surface area contributed by atoms with Gasteiger partial charge in [-0.1, -0.05) is 0 Å². The number of urea groups is 1. The molecule has 2 aliphatic rings. The Morgan fingerprint density at radius 1 is 1.25 bits per heavy atom. The van der Waals surface area contributed by atoms with Gasteiger partial charge >= 0.3 is 6.03 Å². The van der Waals surface area contributed by atoms with Gasteiger partial charge in [0.15, 0.2) is 0 Å². The van der Waals surface area contributed by atoms with E-state index in [4.69, 9.17) is 0 Å². The van der Waals surface area contributed by atoms with Crippen molar-refractivity contribution in [3.8, 4) is 0 Å². The quantitative estimate of drug-likeness (QED) is 0.792. The second-order valence-electron chi connectivity index (χ2n) is 4.99. The van der Waals surface area contributed by atoms with Gasteiger partial charge in [0.25, 0.3) is 0 Å². The molecule has 9 heteroatoms. The Hall–Kier alpha value is -1.61. The first-order valence-corrected chi connectivity index (χ1v) is 8.06. The van der Waals surface area contributed by atoms with Crippen LogP contribution in [-0.2, 0) is 10.0 Å². The van der Waals surface area contributed by atoms with Crippen LogP contribution < -0.4 is 5.32 Å². The molecule has 2 N–H and O–H groups in total. The van der Waals surface area contributed by atoms with E-state index in [1.165, 1.54) is 16.7 Å². The lowest BCUT2D eigenvalue weighted by atomic mass is 10.1. The molecule has 8 nitrogen and oxygen atoms in total. The molecular formula is C11H17N5O3S. The Kier molecular flexibility index (Phi) is 3.38. The smallest absolute Gasteiger partial charge is 0.317 e. The summed E-state index contributed by atoms with van der Waals surface area (Å²) < 4.78 is 26.1. The predicted octanol–water partition coefficient (Wildman–Crippen LogP) is -0.412. The summed E-state index contributed by atoms with van der Waals surface area (Å²) in [6, 6.07) is 0.0921. The number of sulfonamides is 1. The topological polar surface area (TPSA) is 98.4 Å². The van der Waals surface area contributed by atoms with Crippen LogP contribution in [-0.4, -0.2) is 66.1 Å². The zero-order valence-corrected chi connectivity index (χ0v) is 11.8. The molecule has 3 rings (SSSR count). The number of hydrogen-bond donors (Lipinski definition) is 2. The van der Waals surface area contributed by atoms with Gasteiger partial charge in [-0.05, 0) is 12.8 Å². The van der Waals surface area contributed by atoms with E-state index in [9.17, 15) is 13.2 Å². The maximum absolute atomic E-state index is 12.3. The van der Waals surface area contributed by atoms with E-state index >= 15 is 0 Å². The fraction of sp³-hybridized carbons (Fsp3) is 0.636. The summed E-state index contributed by atoms with van der Waals surface area (Å²) in [4.78, 5) is 13.6. The SMILES string of the molecule is O=C1NCCN1C1CCN(S(=O)(=O)c2cn[nH]c2)CC1. The van der Waals surface area contributed by atoms with Crippen molar-refractivity contribution in [1.82, 2.24) is 24.7 Å². The highest BCUT2D eigenvalue weighted by molar-refractivity contribution is 7.89. The van der Waals surface area contributed by atoms with Crippen LogP contribution in [0.4, 0.5) is 4.79 Å². The molecule has 0 aromatic carbocycles. The molecular weight excluding hydrogens is 282 g/mol. The van der Waals surface area contributed by atoms with E-state index < -0.39 is 10.0 Å². The average Bonchev–Trinajstić information content (AvgIpc) is 3.10. The third kappa shape index (κ3) is 2.27. The van der Waals surface area contributed by atoms with E-state index in [-0.39, 0.29) is 17.0 Å². The van der Waals surface area contributed by atoms with Gasteiger partial charge in [-0.25, -0.2) is 13.2 Å². The highest BCUT2D eigenvalue weighted by Crippen LogP contribution is 2.23. The molecule has 2 saturated heterocycles. The lowest BCUT2D eigenvalue weighted by molar-refractivity contribution is 0.167. The van der Waals surface area contributed by atoms with Crippen LogP contribution >= 0.6 is 0 Å². The molecule has 3 heterocycles. The normalized spacial score (nSPS) is 22.2. The van der Waals surface area contributed by atoms with Crippen LogP contribution in [0.3, 0.4) is 0 Å². The first-order valence-electron chi connectivity index (χ1n) is 6.62. The van der Waals surface area contributed by atoms with Gasteiger partial charge in [0, 0.05) is 38.4 Å². The number of rotatable bonds is 3. The number of nitrogens with zero attached hydrogens (tertiary/aromatic N) is 3. The fourth-order valence-electron chi connectivity index (χ4n) is 2.76. The summed E-state index contributed by atoms with van der Waals surface area (Å²) >= 11 is 0. The van der Waals surface area contributed by atoms with Crippen LogP contribution in [0.5, 0.6) is 0 Å². The summed E-state index contributed by atoms with van der Waals surface area (Å²) in [6.07, 6.45) is 4.04. The second-order valence-corrected chi connectivity index (χ2v) is 6.93. The second kappa shape index (κ2) is 5.06. The molecule has 110 valence electrons. The maximum atomic E-state index is 12.3. The number of amides is 2. The summed E-state index contributed by atoms with van der Waals surface area (Å²) in [6.45, 7) is 2.24. The molecule has 2 amide bonds. The van der Waals surface area contributed by atoms with Gasteiger partial charge < -0.3 is 10.2 Å². The average molecular weight is 299 g/mol. The van der Waals surface area contributed by atoms with Crippen molar-refractivity contribution in [2.75, 3.05) is 26.2 Å². The van der Waals surface area contributed by atoms with Crippen molar-refractivity contribution in [3.63, 3.8) is 0 Å². The van der Waals surface area contributed by atoms with E-state index in [2.05, 4.69) is 15.5 Å². The predicted molar refractivity (Wildman–Crippen MR) is 70.5 cm³/mol. The molecule has 0 radical (unpaired) electrons. The van der Waals surface area contributed by atoms with Crippen LogP contribution in [0.1, 0.15) is 12.8 Å². The molecule has 0 spiro atoms. The van der Waals surface area contributed by atoms with Crippen molar-refractivity contribution in [1.29, 1.82) is 0 Å². The van der Waals surface area contributed by atoms with Gasteiger partial charge in [0.05, 0.1) is 6.20 Å². The molecule has 0 saturated carbocycles. The van der Waals surface area contributed by atoms with E-state index in [1.807, 2.05) is 4.90 Å². The minimum absolute atomic E-state index is 0.0406. The number of hydrogen-bond acceptors (Lipinski definition) is 4. The zero-order chi connectivity index (χ0) is 14.2. The minimum Gasteiger partial charge on any atom is -0.336 e. The molecule has 1 aromatic rings. The van der Waals surface area contributed by atoms with Gasteiger partial charge in [-0.2, -0.15) is 9.40 Å². The van der Waals surface area contributed by atoms with Gasteiger partial charge in [-0.3, -0.25) is 5.10 Å². The summed E-state index contributed by atoms with van der Waals surface area (Å²) in [5, 5.41) is 8.97. The Morgan fingerprint density at radius 2 is 2.00 bits per heavy atom. The lowest BCUT2D eigenvalue weighted by Gasteiger charge is -2.35. The lowest BCUT2D eigenvalue weighted by Crippen LogP contribution is -2.47. The standard InChI is InChI=1S/C11H17N5O3S/c17-11-12-3-6-16(11)9-1-4-15(5-2-9)20(18,19)10-7-13-14-8-10/h7-9H,1-6H2,(H,12,17)(H,13,14). The molecule has 0 atom stereocenters. The van der Waals surface area contributed by atoms with Crippen molar-refractivity contribution in [2.24, 2.45) is 0 Å². The molecule has 2 aliphatic heterocycles. The summed E-state index contributed by atoms with van der Waals surface area (Å²) in [5.41, 5.74) is 0. The minimum atomic E-state index is -3.46. The third-order valence-corrected chi connectivity index (χ3v) is 5.73. The largest absolute Gasteiger partial charge is 0.336 e. The summed E-state index contributed by atoms with van der Waals surface area (Å²) in [5.74, 6) is 0. The number of H-pyrrole nitrogens is 1. The molecule has 20 heavy (non-hydrogen) atoms. The third-order valence-electron chi connectivity index (χ3n) is 3.86. The fourth-order valence-corrected chi connectivity index (χ4v) is 4.14. The van der Waals surface area contributed by atoms with Crippen LogP contribution in [0.15, 0.2) is 17.3 Å². The molecule has 2 fully saturated rings. The summed E-state index contributed by atoms with van der Waals surface area (Å²) in [7, 11) is -3.46. The number of aromatic nitrogens is 2. The van der Waals surface area contributed by atoms with E-state index in [1.54, 1.807) is 0 Å². The van der Waals surface area contributed by atoms with E-state index in [0.717, 1.165) is 0 Å². The van der Waals surface area contributed by atoms with Gasteiger partial charge in [0.1, 0.15) is 4.90 Å². The van der Waals surface area contributed by atoms with Gasteiger partial charge in [-0.15, -0.1) is 0 Å². The van der Waals surface area contributed by atoms with Crippen LogP contribution in [0, 0.1) is 0 Å². The Balaban J connectivity index is 1.65. The zero-order valence-electron chi connectivity index (χ0n) is 10.9. The molecule has 0 unspecified atom stereocenters. The Labute approximate surface area is 117 Å². The highest BCUT2D eigenvalue weighted by Gasteiger charge is 2.34. The number of piperidine rings is 1. The molecule has 0 bridgehead atoms. The maximum Gasteiger partial charge on any atom is 0.317 e. The van der Waals surface area contributed by atoms with Crippen molar-refractivity contribution in [3.05, 3.63) is 12.4 Å². The van der Waals surface area contributed by atoms with E-state index in [0.29, 0.717) is 39.0 Å². The van der Waals surface area contributed by atoms with Crippen molar-refractivity contribution < 1.29 is 13.2 Å². The monoisotopic (exact) mass is 299 g/mol. The van der Waals surface area contributed by atoms with Crippen molar-refractivity contribution in [2.45, 2.75) is 23.8 Å². The van der Waals surface area contributed by atoms with Gasteiger partial charge in [0.2, 0.25) is 10.0 Å². The Bertz CT molecular complexity index is 577. The first-order chi connectivity index (χ1) is 9.59. The van der Waals surface area contributed by atoms with Crippen molar-refractivity contribution >= 4 is 16.1 Å². The Morgan fingerprint density at radius 3 is 2.55 bits per heavy atom.